The second-order valence-electron chi connectivity index (χ2n) is 5.55. The number of nitrogens with zero attached hydrogens (tertiary/aromatic N) is 2. The van der Waals surface area contributed by atoms with Crippen LogP contribution in [0.25, 0.3) is 11.3 Å². The molecule has 1 aromatic heterocycles. The molecular weight excluding hydrogens is 288 g/mol. The van der Waals surface area contributed by atoms with Crippen LogP contribution in [0.2, 0.25) is 5.02 Å². The van der Waals surface area contributed by atoms with E-state index in [2.05, 4.69) is 9.88 Å². The van der Waals surface area contributed by atoms with E-state index in [0.717, 1.165) is 43.1 Å². The number of benzene rings is 1. The lowest BCUT2D eigenvalue weighted by Gasteiger charge is -2.30. The van der Waals surface area contributed by atoms with Crippen molar-refractivity contribution < 1.29 is 9.52 Å². The number of halogens is 1. The Labute approximate surface area is 129 Å². The fraction of sp³-hybridized carbons (Fsp3) is 0.438. The standard InChI is InChI=1S/C16H19ClN2O2/c17-14-5-3-13(4-6-14)15-8-18-16(21-15)10-19-7-1-2-12(9-19)11-20/h3-6,8,12,20H,1-2,7,9-11H2/t12-/m0/s1. The van der Waals surface area contributed by atoms with Gasteiger partial charge in [-0.3, -0.25) is 4.90 Å². The minimum atomic E-state index is 0.262. The van der Waals surface area contributed by atoms with E-state index >= 15 is 0 Å². The average Bonchev–Trinajstić information content (AvgIpc) is 2.96. The molecule has 0 spiro atoms. The molecule has 112 valence electrons. The first-order valence-electron chi connectivity index (χ1n) is 7.28. The zero-order valence-corrected chi connectivity index (χ0v) is 12.6. The zero-order valence-electron chi connectivity index (χ0n) is 11.8. The summed E-state index contributed by atoms with van der Waals surface area (Å²) >= 11 is 5.89. The van der Waals surface area contributed by atoms with Crippen LogP contribution in [0.3, 0.4) is 0 Å². The first-order chi connectivity index (χ1) is 10.2. The number of hydrogen-bond donors (Lipinski definition) is 1. The summed E-state index contributed by atoms with van der Waals surface area (Å²) in [6, 6.07) is 7.54. The molecule has 21 heavy (non-hydrogen) atoms. The smallest absolute Gasteiger partial charge is 0.209 e. The lowest BCUT2D eigenvalue weighted by molar-refractivity contribution is 0.109. The van der Waals surface area contributed by atoms with E-state index in [-0.39, 0.29) is 6.61 Å². The number of aromatic nitrogens is 1. The van der Waals surface area contributed by atoms with Crippen LogP contribution >= 0.6 is 11.6 Å². The highest BCUT2D eigenvalue weighted by molar-refractivity contribution is 6.30. The van der Waals surface area contributed by atoms with Crippen LogP contribution in [-0.2, 0) is 6.54 Å². The molecule has 3 rings (SSSR count). The highest BCUT2D eigenvalue weighted by Gasteiger charge is 2.20. The normalized spacial score (nSPS) is 19.8. The molecule has 1 aliphatic heterocycles. The van der Waals surface area contributed by atoms with Crippen molar-refractivity contribution in [3.63, 3.8) is 0 Å². The summed E-state index contributed by atoms with van der Waals surface area (Å²) in [5, 5.41) is 9.98. The van der Waals surface area contributed by atoms with Crippen molar-refractivity contribution in [2.24, 2.45) is 5.92 Å². The summed E-state index contributed by atoms with van der Waals surface area (Å²) in [5.74, 6) is 1.86. The third-order valence-corrected chi connectivity index (χ3v) is 4.15. The molecule has 0 saturated carbocycles. The highest BCUT2D eigenvalue weighted by atomic mass is 35.5. The summed E-state index contributed by atoms with van der Waals surface area (Å²) in [6.45, 7) is 2.91. The SMILES string of the molecule is OC[C@H]1CCCN(Cc2ncc(-c3ccc(Cl)cc3)o2)C1. The molecule has 0 aliphatic carbocycles. The first kappa shape index (κ1) is 14.6. The lowest BCUT2D eigenvalue weighted by atomic mass is 9.99. The Balaban J connectivity index is 1.66. The molecule has 4 nitrogen and oxygen atoms in total. The number of oxazole rings is 1. The van der Waals surface area contributed by atoms with Gasteiger partial charge in [0.05, 0.1) is 12.7 Å². The van der Waals surface area contributed by atoms with Crippen LogP contribution < -0.4 is 0 Å². The number of aliphatic hydroxyl groups excluding tert-OH is 1. The molecule has 0 radical (unpaired) electrons. The van der Waals surface area contributed by atoms with Gasteiger partial charge in [0.15, 0.2) is 5.76 Å². The summed E-state index contributed by atoms with van der Waals surface area (Å²) in [4.78, 5) is 6.65. The predicted octanol–water partition coefficient (Wildman–Crippen LogP) is 3.20. The molecule has 2 heterocycles. The monoisotopic (exact) mass is 306 g/mol. The van der Waals surface area contributed by atoms with Crippen molar-refractivity contribution in [2.45, 2.75) is 19.4 Å². The highest BCUT2D eigenvalue weighted by Crippen LogP contribution is 2.24. The Hall–Kier alpha value is -1.36. The van der Waals surface area contributed by atoms with Crippen LogP contribution in [0.5, 0.6) is 0 Å². The van der Waals surface area contributed by atoms with Crippen molar-refractivity contribution >= 4 is 11.6 Å². The topological polar surface area (TPSA) is 49.5 Å². The molecular formula is C16H19ClN2O2. The Kier molecular flexibility index (Phi) is 4.58. The fourth-order valence-corrected chi connectivity index (χ4v) is 2.89. The first-order valence-corrected chi connectivity index (χ1v) is 7.66. The Bertz CT molecular complexity index is 582. The minimum Gasteiger partial charge on any atom is -0.439 e. The Morgan fingerprint density at radius 1 is 1.33 bits per heavy atom. The second kappa shape index (κ2) is 6.60. The minimum absolute atomic E-state index is 0.262. The van der Waals surface area contributed by atoms with Crippen molar-refractivity contribution in [1.82, 2.24) is 9.88 Å². The van der Waals surface area contributed by atoms with Crippen molar-refractivity contribution in [2.75, 3.05) is 19.7 Å². The number of likely N-dealkylation sites (tertiary alicyclic amines) is 1. The van der Waals surface area contributed by atoms with Crippen LogP contribution in [0.15, 0.2) is 34.9 Å². The number of hydrogen-bond acceptors (Lipinski definition) is 4. The molecule has 1 atom stereocenters. The molecule has 1 N–H and O–H groups in total. The fourth-order valence-electron chi connectivity index (χ4n) is 2.77. The van der Waals surface area contributed by atoms with Gasteiger partial charge in [-0.05, 0) is 49.6 Å². The molecule has 2 aromatic rings. The van der Waals surface area contributed by atoms with E-state index in [0.29, 0.717) is 17.5 Å². The summed E-state index contributed by atoms with van der Waals surface area (Å²) < 4.78 is 5.82. The largest absolute Gasteiger partial charge is 0.439 e. The van der Waals surface area contributed by atoms with Gasteiger partial charge in [-0.15, -0.1) is 0 Å². The Morgan fingerprint density at radius 2 is 2.14 bits per heavy atom. The van der Waals surface area contributed by atoms with E-state index in [1.807, 2.05) is 24.3 Å². The van der Waals surface area contributed by atoms with Gasteiger partial charge in [0, 0.05) is 23.7 Å². The maximum absolute atomic E-state index is 9.27. The zero-order chi connectivity index (χ0) is 14.7. The summed E-state index contributed by atoms with van der Waals surface area (Å²) in [5.41, 5.74) is 0.977. The molecule has 0 bridgehead atoms. The van der Waals surface area contributed by atoms with Crippen LogP contribution in [0.4, 0.5) is 0 Å². The third kappa shape index (κ3) is 3.64. The van der Waals surface area contributed by atoms with E-state index in [1.165, 1.54) is 0 Å². The molecule has 0 unspecified atom stereocenters. The number of rotatable bonds is 4. The van der Waals surface area contributed by atoms with Crippen molar-refractivity contribution in [3.05, 3.63) is 41.4 Å². The quantitative estimate of drug-likeness (QED) is 0.942. The number of aliphatic hydroxyl groups is 1. The van der Waals surface area contributed by atoms with Gasteiger partial charge in [-0.1, -0.05) is 11.6 Å². The molecule has 1 saturated heterocycles. The summed E-state index contributed by atoms with van der Waals surface area (Å²) in [7, 11) is 0. The maximum atomic E-state index is 9.27. The van der Waals surface area contributed by atoms with Crippen molar-refractivity contribution in [1.29, 1.82) is 0 Å². The summed E-state index contributed by atoms with van der Waals surface area (Å²) in [6.07, 6.45) is 3.98. The van der Waals surface area contributed by atoms with Gasteiger partial charge in [0.1, 0.15) is 0 Å². The molecule has 1 fully saturated rings. The van der Waals surface area contributed by atoms with Gasteiger partial charge >= 0.3 is 0 Å². The molecule has 1 aromatic carbocycles. The second-order valence-corrected chi connectivity index (χ2v) is 5.99. The number of piperidine rings is 1. The van der Waals surface area contributed by atoms with E-state index < -0.39 is 0 Å². The van der Waals surface area contributed by atoms with Gasteiger partial charge in [0.25, 0.3) is 0 Å². The van der Waals surface area contributed by atoms with Crippen LogP contribution in [-0.4, -0.2) is 34.7 Å². The average molecular weight is 307 g/mol. The maximum Gasteiger partial charge on any atom is 0.209 e. The predicted molar refractivity (Wildman–Crippen MR) is 82.0 cm³/mol. The van der Waals surface area contributed by atoms with Crippen LogP contribution in [0.1, 0.15) is 18.7 Å². The van der Waals surface area contributed by atoms with Gasteiger partial charge in [-0.2, -0.15) is 0 Å². The molecule has 5 heteroatoms. The third-order valence-electron chi connectivity index (χ3n) is 3.90. The molecule has 0 amide bonds. The van der Waals surface area contributed by atoms with Gasteiger partial charge < -0.3 is 9.52 Å². The lowest BCUT2D eigenvalue weighted by Crippen LogP contribution is -2.36. The van der Waals surface area contributed by atoms with E-state index in [9.17, 15) is 5.11 Å². The van der Waals surface area contributed by atoms with E-state index in [4.69, 9.17) is 16.0 Å². The van der Waals surface area contributed by atoms with Gasteiger partial charge in [0.2, 0.25) is 5.89 Å². The van der Waals surface area contributed by atoms with E-state index in [1.54, 1.807) is 6.20 Å². The van der Waals surface area contributed by atoms with Crippen molar-refractivity contribution in [3.8, 4) is 11.3 Å². The van der Waals surface area contributed by atoms with Gasteiger partial charge in [-0.25, -0.2) is 4.98 Å². The Morgan fingerprint density at radius 3 is 2.90 bits per heavy atom. The van der Waals surface area contributed by atoms with Crippen LogP contribution in [0, 0.1) is 5.92 Å². The molecule has 1 aliphatic rings.